The highest BCUT2D eigenvalue weighted by atomic mass is 35.5. The van der Waals surface area contributed by atoms with Crippen LogP contribution in [0.5, 0.6) is 0 Å². The minimum absolute atomic E-state index is 0.119. The normalized spacial score (nSPS) is 19.2. The van der Waals surface area contributed by atoms with E-state index in [2.05, 4.69) is 4.72 Å². The van der Waals surface area contributed by atoms with Crippen LogP contribution in [-0.2, 0) is 30.0 Å². The fourth-order valence-corrected chi connectivity index (χ4v) is 8.67. The third kappa shape index (κ3) is 5.23. The van der Waals surface area contributed by atoms with E-state index in [4.69, 9.17) is 16.3 Å². The van der Waals surface area contributed by atoms with Crippen LogP contribution in [0.1, 0.15) is 58.6 Å². The minimum Gasteiger partial charge on any atom is -0.444 e. The number of hydrogen-bond donors (Lipinski definition) is 1. The lowest BCUT2D eigenvalue weighted by Crippen LogP contribution is -2.47. The minimum atomic E-state index is -4.22. The van der Waals surface area contributed by atoms with Crippen LogP contribution in [0.15, 0.2) is 45.0 Å². The molecule has 2 aromatic carbocycles. The first kappa shape index (κ1) is 27.8. The summed E-state index contributed by atoms with van der Waals surface area (Å²) in [5.74, 6) is -0.706. The molecule has 0 radical (unpaired) electrons. The summed E-state index contributed by atoms with van der Waals surface area (Å²) in [5.41, 5.74) is -0.763. The van der Waals surface area contributed by atoms with Crippen molar-refractivity contribution >= 4 is 37.6 Å². The third-order valence-corrected chi connectivity index (χ3v) is 10.5. The molecule has 0 bridgehead atoms. The molecule has 2 aliphatic heterocycles. The number of carbonyl (C=O) groups is 1. The molecule has 0 spiro atoms. The van der Waals surface area contributed by atoms with E-state index in [0.29, 0.717) is 37.1 Å². The van der Waals surface area contributed by atoms with E-state index in [1.54, 1.807) is 34.6 Å². The Morgan fingerprint density at radius 2 is 1.70 bits per heavy atom. The Kier molecular flexibility index (Phi) is 6.93. The molecule has 0 unspecified atom stereocenters. The van der Waals surface area contributed by atoms with Crippen LogP contribution in [0, 0.1) is 5.82 Å². The van der Waals surface area contributed by atoms with Crippen molar-refractivity contribution in [3.63, 3.8) is 0 Å². The van der Waals surface area contributed by atoms with Gasteiger partial charge in [-0.05, 0) is 69.0 Å². The second-order valence-electron chi connectivity index (χ2n) is 10.9. The molecule has 0 saturated carbocycles. The number of piperidine rings is 1. The molecule has 12 heteroatoms. The largest absolute Gasteiger partial charge is 0.444 e. The molecule has 1 N–H and O–H groups in total. The highest BCUT2D eigenvalue weighted by Crippen LogP contribution is 2.47. The molecule has 0 atom stereocenters. The number of nitrogens with zero attached hydrogens (tertiary/aromatic N) is 1. The molecular weight excluding hydrogens is 543 g/mol. The van der Waals surface area contributed by atoms with Gasteiger partial charge in [0.2, 0.25) is 19.9 Å². The molecule has 202 valence electrons. The van der Waals surface area contributed by atoms with Crippen molar-refractivity contribution < 1.29 is 30.8 Å². The van der Waals surface area contributed by atoms with Crippen molar-refractivity contribution in [2.75, 3.05) is 13.1 Å². The number of amides is 1. The zero-order chi connectivity index (χ0) is 27.6. The Labute approximate surface area is 222 Å². The van der Waals surface area contributed by atoms with Gasteiger partial charge in [0.25, 0.3) is 0 Å². The summed E-state index contributed by atoms with van der Waals surface area (Å²) >= 11 is 6.42. The first-order chi connectivity index (χ1) is 16.9. The van der Waals surface area contributed by atoms with E-state index in [9.17, 15) is 26.0 Å². The van der Waals surface area contributed by atoms with E-state index in [1.807, 2.05) is 0 Å². The molecular formula is C25H30ClFN2O6S2. The second-order valence-corrected chi connectivity index (χ2v) is 14.9. The summed E-state index contributed by atoms with van der Waals surface area (Å²) in [6.45, 7) is 9.45. The van der Waals surface area contributed by atoms with E-state index >= 15 is 0 Å². The first-order valence-electron chi connectivity index (χ1n) is 11.8. The van der Waals surface area contributed by atoms with Gasteiger partial charge in [0.05, 0.1) is 14.8 Å². The fourth-order valence-electron chi connectivity index (χ4n) is 4.74. The molecule has 2 aliphatic rings. The summed E-state index contributed by atoms with van der Waals surface area (Å²) in [6.07, 6.45) is 0.231. The van der Waals surface area contributed by atoms with Crippen molar-refractivity contribution in [2.24, 2.45) is 0 Å². The van der Waals surface area contributed by atoms with Gasteiger partial charge < -0.3 is 9.64 Å². The summed E-state index contributed by atoms with van der Waals surface area (Å²) in [6, 6.07) is 5.50. The maximum absolute atomic E-state index is 14.0. The number of carbonyl (C=O) groups excluding carboxylic acids is 1. The van der Waals surface area contributed by atoms with Gasteiger partial charge in [0.1, 0.15) is 16.3 Å². The molecule has 1 saturated heterocycles. The summed E-state index contributed by atoms with van der Waals surface area (Å²) in [4.78, 5) is 13.0. The number of halogens is 2. The van der Waals surface area contributed by atoms with Gasteiger partial charge in [0.15, 0.2) is 0 Å². The van der Waals surface area contributed by atoms with Gasteiger partial charge in [-0.3, -0.25) is 0 Å². The number of rotatable bonds is 3. The third-order valence-electron chi connectivity index (χ3n) is 6.66. The van der Waals surface area contributed by atoms with Crippen molar-refractivity contribution in [1.29, 1.82) is 0 Å². The maximum Gasteiger partial charge on any atom is 0.410 e. The lowest BCUT2D eigenvalue weighted by Gasteiger charge is -2.35. The number of nitrogens with one attached hydrogen (secondary N) is 1. The zero-order valence-corrected chi connectivity index (χ0v) is 23.7. The van der Waals surface area contributed by atoms with Crippen LogP contribution in [-0.4, -0.2) is 52.6 Å². The topological polar surface area (TPSA) is 110 Å². The summed E-state index contributed by atoms with van der Waals surface area (Å²) < 4.78 is 75.5. The lowest BCUT2D eigenvalue weighted by molar-refractivity contribution is 0.0203. The molecule has 0 aromatic heterocycles. The number of sulfonamides is 1. The van der Waals surface area contributed by atoms with Crippen LogP contribution in [0.2, 0.25) is 5.02 Å². The van der Waals surface area contributed by atoms with Crippen molar-refractivity contribution in [2.45, 2.75) is 79.2 Å². The first-order valence-corrected chi connectivity index (χ1v) is 15.2. The van der Waals surface area contributed by atoms with Gasteiger partial charge in [-0.25, -0.2) is 30.7 Å². The summed E-state index contributed by atoms with van der Waals surface area (Å²) in [5, 5.41) is -0.119. The highest BCUT2D eigenvalue weighted by molar-refractivity contribution is 7.92. The Morgan fingerprint density at radius 3 is 2.30 bits per heavy atom. The van der Waals surface area contributed by atoms with E-state index in [0.717, 1.165) is 12.1 Å². The monoisotopic (exact) mass is 572 g/mol. The molecule has 37 heavy (non-hydrogen) atoms. The van der Waals surface area contributed by atoms with Crippen LogP contribution in [0.25, 0.3) is 0 Å². The Hall–Kier alpha value is -2.21. The number of likely N-dealkylation sites (tertiary alicyclic amines) is 1. The van der Waals surface area contributed by atoms with Crippen LogP contribution < -0.4 is 4.72 Å². The molecule has 2 aromatic rings. The van der Waals surface area contributed by atoms with Gasteiger partial charge in [-0.1, -0.05) is 31.5 Å². The maximum atomic E-state index is 14.0. The SMILES string of the molecule is CC(C)(C)OC(=O)N1CCC(NS(=O)(=O)c2cc3c(cc2Cl)C(C)(C)c2ccc(F)cc2S3(=O)=O)CC1. The van der Waals surface area contributed by atoms with Crippen LogP contribution in [0.3, 0.4) is 0 Å². The van der Waals surface area contributed by atoms with Crippen molar-refractivity contribution in [1.82, 2.24) is 9.62 Å². The number of ether oxygens (including phenoxy) is 1. The fraction of sp³-hybridized carbons (Fsp3) is 0.480. The average Bonchev–Trinajstić information content (AvgIpc) is 2.76. The highest BCUT2D eigenvalue weighted by Gasteiger charge is 2.42. The van der Waals surface area contributed by atoms with E-state index in [-0.39, 0.29) is 19.7 Å². The standard InChI is InChI=1S/C25H30ClFN2O6S2/c1-24(2,3)35-23(30)29-10-8-16(9-11-29)28-37(33,34)22-14-21-18(13-19(22)26)25(4,5)17-7-6-15(27)12-20(17)36(21,31)32/h6-7,12-14,16,28H,8-11H2,1-5H3. The predicted molar refractivity (Wildman–Crippen MR) is 137 cm³/mol. The van der Waals surface area contributed by atoms with Crippen molar-refractivity contribution in [3.8, 4) is 0 Å². The predicted octanol–water partition coefficient (Wildman–Crippen LogP) is 4.63. The number of sulfone groups is 1. The zero-order valence-electron chi connectivity index (χ0n) is 21.3. The Balaban J connectivity index is 1.62. The Bertz CT molecular complexity index is 1480. The molecule has 2 heterocycles. The van der Waals surface area contributed by atoms with Gasteiger partial charge in [-0.15, -0.1) is 0 Å². The molecule has 8 nitrogen and oxygen atoms in total. The smallest absolute Gasteiger partial charge is 0.410 e. The quantitative estimate of drug-likeness (QED) is 0.574. The Morgan fingerprint density at radius 1 is 1.11 bits per heavy atom. The molecule has 1 amide bonds. The second kappa shape index (κ2) is 9.21. The molecule has 4 rings (SSSR count). The lowest BCUT2D eigenvalue weighted by atomic mass is 9.77. The summed E-state index contributed by atoms with van der Waals surface area (Å²) in [7, 11) is -8.43. The van der Waals surface area contributed by atoms with E-state index < -0.39 is 48.8 Å². The van der Waals surface area contributed by atoms with Gasteiger partial charge in [-0.2, -0.15) is 0 Å². The van der Waals surface area contributed by atoms with Gasteiger partial charge >= 0.3 is 6.09 Å². The van der Waals surface area contributed by atoms with Gasteiger partial charge in [0, 0.05) is 24.5 Å². The van der Waals surface area contributed by atoms with Crippen molar-refractivity contribution in [3.05, 3.63) is 52.3 Å². The van der Waals surface area contributed by atoms with E-state index in [1.165, 1.54) is 23.1 Å². The molecule has 1 fully saturated rings. The average molecular weight is 573 g/mol. The molecule has 0 aliphatic carbocycles. The number of benzene rings is 2. The number of hydrogen-bond acceptors (Lipinski definition) is 6. The van der Waals surface area contributed by atoms with Crippen LogP contribution in [0.4, 0.5) is 9.18 Å². The van der Waals surface area contributed by atoms with Crippen LogP contribution >= 0.6 is 11.6 Å². The number of fused-ring (bicyclic) bond motifs is 2.